The fraction of sp³-hybridized carbons (Fsp3) is 0.556. The molecule has 0 rings (SSSR count). The molecule has 0 heterocycles. The first-order chi connectivity index (χ1) is 6.11. The van der Waals surface area contributed by atoms with Gasteiger partial charge in [0.25, 0.3) is 0 Å². The normalized spacial score (nSPS) is 12.6. The molecule has 0 spiro atoms. The first-order valence-corrected chi connectivity index (χ1v) is 4.27. The van der Waals surface area contributed by atoms with Crippen molar-refractivity contribution in [2.75, 3.05) is 20.6 Å². The van der Waals surface area contributed by atoms with E-state index in [2.05, 4.69) is 10.3 Å². The van der Waals surface area contributed by atoms with Crippen LogP contribution < -0.4 is 5.32 Å². The molecule has 2 N–H and O–H groups in total. The van der Waals surface area contributed by atoms with E-state index < -0.39 is 0 Å². The van der Waals surface area contributed by atoms with Crippen LogP contribution in [-0.4, -0.2) is 37.7 Å². The average molecular weight is 182 g/mol. The minimum atomic E-state index is 0.717. The molecule has 0 atom stereocenters. The molecule has 4 heteroatoms. The zero-order valence-corrected chi connectivity index (χ0v) is 8.76. The highest BCUT2D eigenvalue weighted by molar-refractivity contribution is 6.03. The van der Waals surface area contributed by atoms with Gasteiger partial charge >= 0.3 is 0 Å². The molecule has 0 aromatic rings. The zero-order chi connectivity index (χ0) is 10.3. The Morgan fingerprint density at radius 2 is 2.15 bits per heavy atom. The monoisotopic (exact) mass is 182 g/mol. The Labute approximate surface area is 79.9 Å². The van der Waals surface area contributed by atoms with Gasteiger partial charge in [0.15, 0.2) is 0 Å². The van der Waals surface area contributed by atoms with Crippen LogP contribution in [0.2, 0.25) is 0 Å². The lowest BCUT2D eigenvalue weighted by Gasteiger charge is -2.10. The van der Waals surface area contributed by atoms with Crippen molar-refractivity contribution in [3.8, 4) is 0 Å². The van der Waals surface area contributed by atoms with Gasteiger partial charge < -0.3 is 10.2 Å². The quantitative estimate of drug-likeness (QED) is 0.504. The van der Waals surface area contributed by atoms with Gasteiger partial charge in [-0.05, 0) is 13.8 Å². The highest BCUT2D eigenvalue weighted by Gasteiger charge is 1.98. The van der Waals surface area contributed by atoms with Crippen LogP contribution >= 0.6 is 0 Å². The third-order valence-corrected chi connectivity index (χ3v) is 1.35. The van der Waals surface area contributed by atoms with Crippen molar-refractivity contribution in [2.45, 2.75) is 13.8 Å². The summed E-state index contributed by atoms with van der Waals surface area (Å²) >= 11 is 0. The Morgan fingerprint density at radius 1 is 1.54 bits per heavy atom. The van der Waals surface area contributed by atoms with Crippen molar-refractivity contribution in [3.63, 3.8) is 0 Å². The molecule has 13 heavy (non-hydrogen) atoms. The SMILES string of the molecule is CCN=C(NC=N)/C(C)=C/N(C)C. The van der Waals surface area contributed by atoms with Crippen molar-refractivity contribution in [1.82, 2.24) is 10.2 Å². The summed E-state index contributed by atoms with van der Waals surface area (Å²) in [6.45, 7) is 4.65. The van der Waals surface area contributed by atoms with E-state index in [1.54, 1.807) is 0 Å². The number of rotatable bonds is 4. The smallest absolute Gasteiger partial charge is 0.130 e. The van der Waals surface area contributed by atoms with E-state index in [-0.39, 0.29) is 0 Å². The molecule has 0 aliphatic rings. The second-order valence-corrected chi connectivity index (χ2v) is 2.89. The molecule has 0 amide bonds. The average Bonchev–Trinajstić information content (AvgIpc) is 2.02. The summed E-state index contributed by atoms with van der Waals surface area (Å²) in [7, 11) is 3.91. The molecule has 0 aromatic heterocycles. The van der Waals surface area contributed by atoms with Crippen molar-refractivity contribution in [1.29, 1.82) is 5.41 Å². The fourth-order valence-corrected chi connectivity index (χ4v) is 0.959. The van der Waals surface area contributed by atoms with E-state index >= 15 is 0 Å². The van der Waals surface area contributed by atoms with Gasteiger partial charge in [0, 0.05) is 32.4 Å². The highest BCUT2D eigenvalue weighted by Crippen LogP contribution is 1.95. The van der Waals surface area contributed by atoms with Crippen molar-refractivity contribution < 1.29 is 0 Å². The van der Waals surface area contributed by atoms with Gasteiger partial charge in [-0.1, -0.05) is 0 Å². The van der Waals surface area contributed by atoms with Crippen molar-refractivity contribution in [2.24, 2.45) is 4.99 Å². The van der Waals surface area contributed by atoms with Crippen LogP contribution in [-0.2, 0) is 0 Å². The molecule has 0 saturated heterocycles. The lowest BCUT2D eigenvalue weighted by Crippen LogP contribution is -2.23. The highest BCUT2D eigenvalue weighted by atomic mass is 15.0. The zero-order valence-electron chi connectivity index (χ0n) is 8.76. The van der Waals surface area contributed by atoms with Crippen LogP contribution in [0.1, 0.15) is 13.8 Å². The Balaban J connectivity index is 4.54. The van der Waals surface area contributed by atoms with E-state index in [1.165, 1.54) is 0 Å². The van der Waals surface area contributed by atoms with Gasteiger partial charge in [0.05, 0.1) is 6.34 Å². The predicted octanol–water partition coefficient (Wildman–Crippen LogP) is 1.07. The number of nitrogens with zero attached hydrogens (tertiary/aromatic N) is 2. The Morgan fingerprint density at radius 3 is 2.54 bits per heavy atom. The molecule has 0 unspecified atom stereocenters. The molecule has 0 bridgehead atoms. The summed E-state index contributed by atoms with van der Waals surface area (Å²) in [5.41, 5.74) is 1.02. The molecule has 0 saturated carbocycles. The Hall–Kier alpha value is -1.32. The number of nitrogens with one attached hydrogen (secondary N) is 2. The number of amidine groups is 1. The Bertz CT molecular complexity index is 216. The van der Waals surface area contributed by atoms with Crippen LogP contribution in [0.5, 0.6) is 0 Å². The van der Waals surface area contributed by atoms with E-state index in [1.807, 2.05) is 39.0 Å². The molecular formula is C9H18N4. The molecule has 4 nitrogen and oxygen atoms in total. The van der Waals surface area contributed by atoms with Crippen LogP contribution in [0.15, 0.2) is 16.8 Å². The van der Waals surface area contributed by atoms with Gasteiger partial charge in [-0.2, -0.15) is 0 Å². The van der Waals surface area contributed by atoms with Gasteiger partial charge in [-0.15, -0.1) is 0 Å². The standard InChI is InChI=1S/C9H18N4/c1-5-11-9(12-7-10)8(2)6-13(3)4/h6-7H,5H2,1-4H3,(H2,10,11,12)/b8-6+. The molecule has 0 fully saturated rings. The first kappa shape index (κ1) is 11.7. The molecule has 0 radical (unpaired) electrons. The maximum absolute atomic E-state index is 6.93. The van der Waals surface area contributed by atoms with E-state index in [0.29, 0.717) is 0 Å². The summed E-state index contributed by atoms with van der Waals surface area (Å²) in [5.74, 6) is 0.756. The van der Waals surface area contributed by atoms with E-state index in [0.717, 1.165) is 24.3 Å². The summed E-state index contributed by atoms with van der Waals surface area (Å²) in [6, 6.07) is 0. The number of hydrogen-bond donors (Lipinski definition) is 2. The third kappa shape index (κ3) is 5.00. The van der Waals surface area contributed by atoms with E-state index in [4.69, 9.17) is 5.41 Å². The lowest BCUT2D eigenvalue weighted by molar-refractivity contribution is 0.560. The van der Waals surface area contributed by atoms with Crippen LogP contribution in [0.3, 0.4) is 0 Å². The van der Waals surface area contributed by atoms with Crippen molar-refractivity contribution in [3.05, 3.63) is 11.8 Å². The number of aliphatic imine (C=N–C) groups is 1. The second-order valence-electron chi connectivity index (χ2n) is 2.89. The van der Waals surface area contributed by atoms with Crippen LogP contribution in [0.4, 0.5) is 0 Å². The molecule has 74 valence electrons. The van der Waals surface area contributed by atoms with Gasteiger partial charge in [-0.25, -0.2) is 0 Å². The van der Waals surface area contributed by atoms with E-state index in [9.17, 15) is 0 Å². The summed E-state index contributed by atoms with van der Waals surface area (Å²) in [5, 5.41) is 9.71. The summed E-state index contributed by atoms with van der Waals surface area (Å²) in [4.78, 5) is 6.18. The number of hydrogen-bond acceptors (Lipinski definition) is 3. The summed E-state index contributed by atoms with van der Waals surface area (Å²) < 4.78 is 0. The largest absolute Gasteiger partial charge is 0.383 e. The summed E-state index contributed by atoms with van der Waals surface area (Å²) in [6.07, 6.45) is 3.10. The minimum Gasteiger partial charge on any atom is -0.383 e. The van der Waals surface area contributed by atoms with Gasteiger partial charge in [-0.3, -0.25) is 10.4 Å². The van der Waals surface area contributed by atoms with Crippen molar-refractivity contribution >= 4 is 12.2 Å². The Kier molecular flexibility index (Phi) is 5.59. The molecule has 0 aromatic carbocycles. The van der Waals surface area contributed by atoms with Gasteiger partial charge in [0.2, 0.25) is 0 Å². The fourth-order valence-electron chi connectivity index (χ4n) is 0.959. The molecule has 0 aliphatic heterocycles. The molecular weight excluding hydrogens is 164 g/mol. The topological polar surface area (TPSA) is 51.5 Å². The lowest BCUT2D eigenvalue weighted by atomic mass is 10.3. The minimum absolute atomic E-state index is 0.717. The maximum atomic E-state index is 6.93. The second kappa shape index (κ2) is 6.22. The third-order valence-electron chi connectivity index (χ3n) is 1.35. The van der Waals surface area contributed by atoms with Crippen LogP contribution in [0.25, 0.3) is 0 Å². The first-order valence-electron chi connectivity index (χ1n) is 4.27. The predicted molar refractivity (Wildman–Crippen MR) is 57.3 cm³/mol. The van der Waals surface area contributed by atoms with Gasteiger partial charge in [0.1, 0.15) is 5.84 Å². The maximum Gasteiger partial charge on any atom is 0.130 e. The molecule has 0 aliphatic carbocycles. The van der Waals surface area contributed by atoms with Crippen LogP contribution in [0, 0.1) is 5.41 Å².